The summed E-state index contributed by atoms with van der Waals surface area (Å²) in [7, 11) is 0. The summed E-state index contributed by atoms with van der Waals surface area (Å²) < 4.78 is 19.3. The summed E-state index contributed by atoms with van der Waals surface area (Å²) in [6, 6.07) is 3.81. The average Bonchev–Trinajstić information content (AvgIpc) is 2.97. The number of benzene rings is 1. The standard InChI is InChI=1S/C22H30FN3O3/c1-12(2)24-21(27)15-6-5-7-17(10-15)26-22(28)25-14(4)20-13(3)18-11-16(23)8-9-19(18)29-20/h8-9,11-12,14-15,17H,5-7,10H2,1-4H3,(H,24,27)(H2,25,26,28)/t14-,15?,17?/m0/s1. The molecule has 3 N–H and O–H groups in total. The molecule has 158 valence electrons. The van der Waals surface area contributed by atoms with Gasteiger partial charge in [0.2, 0.25) is 5.91 Å². The molecule has 1 fully saturated rings. The van der Waals surface area contributed by atoms with Crippen molar-refractivity contribution in [3.05, 3.63) is 35.3 Å². The first-order valence-electron chi connectivity index (χ1n) is 10.3. The highest BCUT2D eigenvalue weighted by Gasteiger charge is 2.29. The van der Waals surface area contributed by atoms with Gasteiger partial charge in [-0.05, 0) is 65.2 Å². The van der Waals surface area contributed by atoms with Crippen LogP contribution in [0.4, 0.5) is 9.18 Å². The molecule has 0 saturated heterocycles. The minimum absolute atomic E-state index is 0.0373. The molecule has 1 aromatic carbocycles. The zero-order chi connectivity index (χ0) is 21.1. The highest BCUT2D eigenvalue weighted by atomic mass is 19.1. The lowest BCUT2D eigenvalue weighted by molar-refractivity contribution is -0.126. The molecule has 0 radical (unpaired) electrons. The van der Waals surface area contributed by atoms with Crippen LogP contribution in [0.1, 0.15) is 63.8 Å². The number of carbonyl (C=O) groups excluding carboxylic acids is 2. The van der Waals surface area contributed by atoms with Gasteiger partial charge in [0.05, 0.1) is 6.04 Å². The quantitative estimate of drug-likeness (QED) is 0.695. The molecule has 0 spiro atoms. The second-order valence-electron chi connectivity index (χ2n) is 8.30. The molecule has 1 heterocycles. The van der Waals surface area contributed by atoms with E-state index in [1.165, 1.54) is 12.1 Å². The third-order valence-corrected chi connectivity index (χ3v) is 5.49. The fraction of sp³-hybridized carbons (Fsp3) is 0.545. The van der Waals surface area contributed by atoms with Crippen molar-refractivity contribution in [3.8, 4) is 0 Å². The normalized spacial score (nSPS) is 20.5. The molecule has 2 aromatic rings. The van der Waals surface area contributed by atoms with Crippen LogP contribution >= 0.6 is 0 Å². The van der Waals surface area contributed by atoms with Crippen molar-refractivity contribution in [1.82, 2.24) is 16.0 Å². The van der Waals surface area contributed by atoms with Crippen molar-refractivity contribution in [3.63, 3.8) is 0 Å². The molecule has 1 aliphatic carbocycles. The Balaban J connectivity index is 1.59. The minimum Gasteiger partial charge on any atom is -0.459 e. The van der Waals surface area contributed by atoms with Crippen LogP contribution in [-0.2, 0) is 4.79 Å². The maximum atomic E-state index is 13.5. The summed E-state index contributed by atoms with van der Waals surface area (Å²) in [6.07, 6.45) is 3.26. The van der Waals surface area contributed by atoms with Crippen molar-refractivity contribution in [2.24, 2.45) is 5.92 Å². The number of nitrogens with one attached hydrogen (secondary N) is 3. The van der Waals surface area contributed by atoms with Gasteiger partial charge in [-0.15, -0.1) is 0 Å². The van der Waals surface area contributed by atoms with Crippen molar-refractivity contribution < 1.29 is 18.4 Å². The molecule has 7 heteroatoms. The fourth-order valence-corrected chi connectivity index (χ4v) is 4.08. The van der Waals surface area contributed by atoms with Gasteiger partial charge >= 0.3 is 6.03 Å². The maximum absolute atomic E-state index is 13.5. The summed E-state index contributed by atoms with van der Waals surface area (Å²) in [6.45, 7) is 7.58. The minimum atomic E-state index is -0.367. The van der Waals surface area contributed by atoms with Gasteiger partial charge in [-0.3, -0.25) is 4.79 Å². The first-order chi connectivity index (χ1) is 13.7. The van der Waals surface area contributed by atoms with Gasteiger partial charge in [0, 0.05) is 29.0 Å². The zero-order valence-corrected chi connectivity index (χ0v) is 17.5. The van der Waals surface area contributed by atoms with E-state index in [0.29, 0.717) is 23.2 Å². The highest BCUT2D eigenvalue weighted by molar-refractivity contribution is 5.83. The lowest BCUT2D eigenvalue weighted by Gasteiger charge is -2.30. The summed E-state index contributed by atoms with van der Waals surface area (Å²) in [5.74, 6) is 0.282. The Kier molecular flexibility index (Phi) is 6.45. The number of furan rings is 1. The molecule has 3 amide bonds. The number of hydrogen-bond acceptors (Lipinski definition) is 3. The van der Waals surface area contributed by atoms with Gasteiger partial charge in [-0.25, -0.2) is 9.18 Å². The number of fused-ring (bicyclic) bond motifs is 1. The molecule has 0 bridgehead atoms. The molecule has 1 saturated carbocycles. The van der Waals surface area contributed by atoms with Crippen LogP contribution in [0.2, 0.25) is 0 Å². The van der Waals surface area contributed by atoms with E-state index in [2.05, 4.69) is 16.0 Å². The van der Waals surface area contributed by atoms with Crippen molar-refractivity contribution in [1.29, 1.82) is 0 Å². The van der Waals surface area contributed by atoms with E-state index in [-0.39, 0.29) is 41.8 Å². The lowest BCUT2D eigenvalue weighted by atomic mass is 9.85. The van der Waals surface area contributed by atoms with Crippen LogP contribution in [0.5, 0.6) is 0 Å². The van der Waals surface area contributed by atoms with Crippen molar-refractivity contribution in [2.45, 2.75) is 71.5 Å². The molecule has 2 unspecified atom stereocenters. The van der Waals surface area contributed by atoms with Crippen LogP contribution in [0.3, 0.4) is 0 Å². The Morgan fingerprint density at radius 2 is 1.93 bits per heavy atom. The molecule has 29 heavy (non-hydrogen) atoms. The van der Waals surface area contributed by atoms with Crippen LogP contribution in [0.25, 0.3) is 11.0 Å². The Bertz CT molecular complexity index is 893. The molecular weight excluding hydrogens is 373 g/mol. The maximum Gasteiger partial charge on any atom is 0.315 e. The Labute approximate surface area is 170 Å². The van der Waals surface area contributed by atoms with E-state index >= 15 is 0 Å². The first-order valence-corrected chi connectivity index (χ1v) is 10.3. The van der Waals surface area contributed by atoms with Gasteiger partial charge < -0.3 is 20.4 Å². The lowest BCUT2D eigenvalue weighted by Crippen LogP contribution is -2.47. The first kappa shape index (κ1) is 21.1. The predicted molar refractivity (Wildman–Crippen MR) is 110 cm³/mol. The number of aryl methyl sites for hydroxylation is 1. The van der Waals surface area contributed by atoms with Crippen molar-refractivity contribution >= 4 is 22.9 Å². The Morgan fingerprint density at radius 1 is 1.17 bits per heavy atom. The van der Waals surface area contributed by atoms with E-state index in [9.17, 15) is 14.0 Å². The number of urea groups is 1. The van der Waals surface area contributed by atoms with E-state index in [4.69, 9.17) is 4.42 Å². The van der Waals surface area contributed by atoms with Gasteiger partial charge in [-0.1, -0.05) is 6.42 Å². The van der Waals surface area contributed by atoms with E-state index < -0.39 is 0 Å². The number of halogens is 1. The average molecular weight is 403 g/mol. The molecule has 3 atom stereocenters. The van der Waals surface area contributed by atoms with Gasteiger partial charge in [0.15, 0.2) is 0 Å². The van der Waals surface area contributed by atoms with E-state index in [1.54, 1.807) is 6.07 Å². The van der Waals surface area contributed by atoms with Crippen molar-refractivity contribution in [2.75, 3.05) is 0 Å². The largest absolute Gasteiger partial charge is 0.459 e. The fourth-order valence-electron chi connectivity index (χ4n) is 4.08. The second-order valence-corrected chi connectivity index (χ2v) is 8.30. The summed E-state index contributed by atoms with van der Waals surface area (Å²) in [5.41, 5.74) is 1.41. The number of carbonyl (C=O) groups is 2. The van der Waals surface area contributed by atoms with Crippen LogP contribution in [0, 0.1) is 18.7 Å². The van der Waals surface area contributed by atoms with Gasteiger partial charge in [0.25, 0.3) is 0 Å². The Hall–Kier alpha value is -2.57. The number of amides is 3. The molecule has 1 aliphatic rings. The van der Waals surface area contributed by atoms with Gasteiger partial charge in [-0.2, -0.15) is 0 Å². The van der Waals surface area contributed by atoms with Crippen LogP contribution in [-0.4, -0.2) is 24.0 Å². The molecule has 0 aliphatic heterocycles. The molecular formula is C22H30FN3O3. The topological polar surface area (TPSA) is 83.4 Å². The predicted octanol–water partition coefficient (Wildman–Crippen LogP) is 4.32. The van der Waals surface area contributed by atoms with Crippen LogP contribution in [0.15, 0.2) is 22.6 Å². The molecule has 3 rings (SSSR count). The summed E-state index contributed by atoms with van der Waals surface area (Å²) >= 11 is 0. The SMILES string of the molecule is Cc1c([C@H](C)NC(=O)NC2CCCC(C(=O)NC(C)C)C2)oc2ccc(F)cc12. The monoisotopic (exact) mass is 403 g/mol. The Morgan fingerprint density at radius 3 is 2.66 bits per heavy atom. The van der Waals surface area contributed by atoms with E-state index in [0.717, 1.165) is 24.8 Å². The van der Waals surface area contributed by atoms with E-state index in [1.807, 2.05) is 27.7 Å². The zero-order valence-electron chi connectivity index (χ0n) is 17.5. The molecule has 6 nitrogen and oxygen atoms in total. The smallest absolute Gasteiger partial charge is 0.315 e. The number of hydrogen-bond donors (Lipinski definition) is 3. The number of rotatable bonds is 5. The third kappa shape index (κ3) is 5.08. The second kappa shape index (κ2) is 8.84. The summed E-state index contributed by atoms with van der Waals surface area (Å²) in [4.78, 5) is 24.8. The van der Waals surface area contributed by atoms with Crippen LogP contribution < -0.4 is 16.0 Å². The third-order valence-electron chi connectivity index (χ3n) is 5.49. The molecule has 1 aromatic heterocycles. The van der Waals surface area contributed by atoms with Gasteiger partial charge in [0.1, 0.15) is 17.2 Å². The summed E-state index contributed by atoms with van der Waals surface area (Å²) in [5, 5.41) is 9.55. The highest BCUT2D eigenvalue weighted by Crippen LogP contribution is 2.30.